The van der Waals surface area contributed by atoms with Gasteiger partial charge < -0.3 is 4.98 Å². The number of hydrogen-bond acceptors (Lipinski definition) is 4. The SMILES string of the molecule is O=c1cc(CC2CCCCC2)nc(SCc2[nH]nc(-c3ccc(F)cc3)c2Cl)[nH]1. The predicted octanol–water partition coefficient (Wildman–Crippen LogP) is 5.37. The van der Waals surface area contributed by atoms with Crippen LogP contribution in [0.1, 0.15) is 43.5 Å². The third kappa shape index (κ3) is 5.08. The van der Waals surface area contributed by atoms with Crippen molar-refractivity contribution in [3.63, 3.8) is 0 Å². The lowest BCUT2D eigenvalue weighted by Crippen LogP contribution is -2.15. The molecular formula is C21H22ClFN4OS. The number of thioether (sulfide) groups is 1. The molecule has 152 valence electrons. The van der Waals surface area contributed by atoms with E-state index >= 15 is 0 Å². The van der Waals surface area contributed by atoms with Crippen LogP contribution in [0.5, 0.6) is 0 Å². The smallest absolute Gasteiger partial charge is 0.251 e. The minimum Gasteiger partial charge on any atom is -0.301 e. The number of benzene rings is 1. The molecule has 29 heavy (non-hydrogen) atoms. The van der Waals surface area contributed by atoms with Gasteiger partial charge in [0, 0.05) is 23.1 Å². The van der Waals surface area contributed by atoms with Crippen LogP contribution in [0.2, 0.25) is 5.02 Å². The van der Waals surface area contributed by atoms with Crippen LogP contribution >= 0.6 is 23.4 Å². The van der Waals surface area contributed by atoms with Crippen molar-refractivity contribution >= 4 is 23.4 Å². The predicted molar refractivity (Wildman–Crippen MR) is 114 cm³/mol. The van der Waals surface area contributed by atoms with Gasteiger partial charge in [0.15, 0.2) is 5.16 Å². The normalized spacial score (nSPS) is 15.0. The number of halogens is 2. The molecule has 1 aliphatic rings. The maximum atomic E-state index is 13.1. The van der Waals surface area contributed by atoms with Crippen molar-refractivity contribution in [2.75, 3.05) is 0 Å². The zero-order valence-electron chi connectivity index (χ0n) is 15.9. The summed E-state index contributed by atoms with van der Waals surface area (Å²) in [5.41, 5.74) is 2.78. The second-order valence-electron chi connectivity index (χ2n) is 7.41. The van der Waals surface area contributed by atoms with E-state index in [0.717, 1.165) is 23.4 Å². The van der Waals surface area contributed by atoms with Crippen molar-refractivity contribution in [2.24, 2.45) is 5.92 Å². The molecule has 5 nitrogen and oxygen atoms in total. The van der Waals surface area contributed by atoms with E-state index in [1.165, 1.54) is 56.0 Å². The summed E-state index contributed by atoms with van der Waals surface area (Å²) < 4.78 is 13.1. The van der Waals surface area contributed by atoms with E-state index in [9.17, 15) is 9.18 Å². The zero-order valence-corrected chi connectivity index (χ0v) is 17.5. The molecule has 0 aliphatic heterocycles. The monoisotopic (exact) mass is 432 g/mol. The third-order valence-electron chi connectivity index (χ3n) is 5.24. The van der Waals surface area contributed by atoms with Gasteiger partial charge in [-0.2, -0.15) is 5.10 Å². The Kier molecular flexibility index (Phi) is 6.35. The molecule has 2 heterocycles. The molecule has 1 saturated carbocycles. The number of nitrogens with zero attached hydrogens (tertiary/aromatic N) is 2. The van der Waals surface area contributed by atoms with Crippen molar-refractivity contribution in [1.82, 2.24) is 20.2 Å². The van der Waals surface area contributed by atoms with Crippen LogP contribution in [0.25, 0.3) is 11.3 Å². The van der Waals surface area contributed by atoms with Crippen molar-refractivity contribution < 1.29 is 4.39 Å². The highest BCUT2D eigenvalue weighted by atomic mass is 35.5. The average Bonchev–Trinajstić information content (AvgIpc) is 3.08. The minimum atomic E-state index is -0.306. The zero-order chi connectivity index (χ0) is 20.2. The standard InChI is InChI=1S/C21H22ClFN4OS/c22-19-17(26-27-20(19)14-6-8-15(23)9-7-14)12-29-21-24-16(11-18(28)25-21)10-13-4-2-1-3-5-13/h6-9,11,13H,1-5,10,12H2,(H,26,27)(H,24,25,28). The lowest BCUT2D eigenvalue weighted by atomic mass is 9.86. The molecule has 1 aromatic carbocycles. The Hall–Kier alpha value is -2.12. The van der Waals surface area contributed by atoms with Crippen LogP contribution in [-0.2, 0) is 12.2 Å². The van der Waals surface area contributed by atoms with E-state index in [1.54, 1.807) is 18.2 Å². The van der Waals surface area contributed by atoms with E-state index in [2.05, 4.69) is 20.2 Å². The highest BCUT2D eigenvalue weighted by Gasteiger charge is 2.17. The lowest BCUT2D eigenvalue weighted by Gasteiger charge is -2.20. The Labute approximate surface area is 177 Å². The van der Waals surface area contributed by atoms with Crippen LogP contribution in [0.15, 0.2) is 40.3 Å². The molecule has 4 rings (SSSR count). The average molecular weight is 433 g/mol. The van der Waals surface area contributed by atoms with Gasteiger partial charge in [0.1, 0.15) is 11.5 Å². The van der Waals surface area contributed by atoms with Crippen LogP contribution in [0.4, 0.5) is 4.39 Å². The molecule has 3 aromatic rings. The molecule has 2 aromatic heterocycles. The van der Waals surface area contributed by atoms with Gasteiger partial charge in [0.25, 0.3) is 5.56 Å². The highest BCUT2D eigenvalue weighted by Crippen LogP contribution is 2.32. The fraction of sp³-hybridized carbons (Fsp3) is 0.381. The van der Waals surface area contributed by atoms with E-state index in [-0.39, 0.29) is 11.4 Å². The third-order valence-corrected chi connectivity index (χ3v) is 6.55. The van der Waals surface area contributed by atoms with Gasteiger partial charge in [-0.1, -0.05) is 55.5 Å². The molecule has 8 heteroatoms. The number of aromatic nitrogens is 4. The molecule has 0 radical (unpaired) electrons. The number of nitrogens with one attached hydrogen (secondary N) is 2. The summed E-state index contributed by atoms with van der Waals surface area (Å²) in [6.45, 7) is 0. The summed E-state index contributed by atoms with van der Waals surface area (Å²) in [5, 5.41) is 8.26. The first-order valence-electron chi connectivity index (χ1n) is 9.80. The molecule has 0 spiro atoms. The first kappa shape index (κ1) is 20.2. The van der Waals surface area contributed by atoms with Gasteiger partial charge in [0.05, 0.1) is 10.7 Å². The fourth-order valence-corrected chi connectivity index (χ4v) is 4.93. The molecule has 0 saturated heterocycles. The van der Waals surface area contributed by atoms with Gasteiger partial charge in [-0.15, -0.1) is 0 Å². The van der Waals surface area contributed by atoms with Gasteiger partial charge >= 0.3 is 0 Å². The molecule has 2 N–H and O–H groups in total. The Morgan fingerprint density at radius 1 is 1.17 bits per heavy atom. The van der Waals surface area contributed by atoms with E-state index in [4.69, 9.17) is 11.6 Å². The summed E-state index contributed by atoms with van der Waals surface area (Å²) in [6, 6.07) is 7.64. The molecule has 0 unspecified atom stereocenters. The second kappa shape index (κ2) is 9.13. The number of aromatic amines is 2. The van der Waals surface area contributed by atoms with Gasteiger partial charge in [0.2, 0.25) is 0 Å². The van der Waals surface area contributed by atoms with Gasteiger partial charge in [-0.25, -0.2) is 9.37 Å². The van der Waals surface area contributed by atoms with Crippen molar-refractivity contribution in [3.05, 3.63) is 62.9 Å². The number of H-pyrrole nitrogens is 2. The van der Waals surface area contributed by atoms with Crippen LogP contribution in [0, 0.1) is 11.7 Å². The fourth-order valence-electron chi connectivity index (χ4n) is 3.74. The first-order valence-corrected chi connectivity index (χ1v) is 11.2. The minimum absolute atomic E-state index is 0.129. The lowest BCUT2D eigenvalue weighted by molar-refractivity contribution is 0.353. The maximum absolute atomic E-state index is 13.1. The summed E-state index contributed by atoms with van der Waals surface area (Å²) in [7, 11) is 0. The quantitative estimate of drug-likeness (QED) is 0.405. The van der Waals surface area contributed by atoms with Crippen molar-refractivity contribution in [2.45, 2.75) is 49.4 Å². The van der Waals surface area contributed by atoms with Gasteiger partial charge in [-0.3, -0.25) is 9.89 Å². The number of hydrogen-bond donors (Lipinski definition) is 2. The Morgan fingerprint density at radius 3 is 2.69 bits per heavy atom. The summed E-state index contributed by atoms with van der Waals surface area (Å²) in [6.07, 6.45) is 7.14. The van der Waals surface area contributed by atoms with Crippen molar-refractivity contribution in [3.8, 4) is 11.3 Å². The van der Waals surface area contributed by atoms with E-state index in [1.807, 2.05) is 0 Å². The topological polar surface area (TPSA) is 74.4 Å². The molecule has 1 aliphatic carbocycles. The Morgan fingerprint density at radius 2 is 1.93 bits per heavy atom. The number of rotatable bonds is 6. The van der Waals surface area contributed by atoms with E-state index < -0.39 is 0 Å². The summed E-state index contributed by atoms with van der Waals surface area (Å²) >= 11 is 7.87. The van der Waals surface area contributed by atoms with Crippen LogP contribution < -0.4 is 5.56 Å². The Bertz CT molecular complexity index is 1030. The molecule has 0 atom stereocenters. The molecule has 1 fully saturated rings. The highest BCUT2D eigenvalue weighted by molar-refractivity contribution is 7.98. The van der Waals surface area contributed by atoms with Gasteiger partial charge in [-0.05, 0) is 36.6 Å². The summed E-state index contributed by atoms with van der Waals surface area (Å²) in [5.74, 6) is 0.804. The first-order chi connectivity index (χ1) is 14.1. The second-order valence-corrected chi connectivity index (χ2v) is 8.75. The largest absolute Gasteiger partial charge is 0.301 e. The van der Waals surface area contributed by atoms with Crippen LogP contribution in [0.3, 0.4) is 0 Å². The Balaban J connectivity index is 1.45. The molecular weight excluding hydrogens is 411 g/mol. The maximum Gasteiger partial charge on any atom is 0.251 e. The van der Waals surface area contributed by atoms with E-state index in [0.29, 0.717) is 27.5 Å². The van der Waals surface area contributed by atoms with Crippen LogP contribution in [-0.4, -0.2) is 20.2 Å². The summed E-state index contributed by atoms with van der Waals surface area (Å²) in [4.78, 5) is 19.5. The molecule has 0 bridgehead atoms. The van der Waals surface area contributed by atoms with Crippen molar-refractivity contribution in [1.29, 1.82) is 0 Å². The molecule has 0 amide bonds.